The van der Waals surface area contributed by atoms with Crippen molar-refractivity contribution in [2.24, 2.45) is 5.92 Å². The van der Waals surface area contributed by atoms with E-state index in [4.69, 9.17) is 0 Å². The summed E-state index contributed by atoms with van der Waals surface area (Å²) in [6, 6.07) is 0.337. The monoisotopic (exact) mass is 169 g/mol. The number of fused-ring (bicyclic) bond motifs is 1. The van der Waals surface area contributed by atoms with Gasteiger partial charge in [-0.2, -0.15) is 0 Å². The predicted octanol–water partition coefficient (Wildman–Crippen LogP) is 0.378. The maximum Gasteiger partial charge on any atom is 0.251 e. The molecule has 2 rings (SSSR count). The molecule has 1 amide bonds. The molecule has 0 saturated carbocycles. The SMILES string of the molecule is C[C@@H]1CC[C@@H]2C[C@H](O)C(=O)N2C1. The second-order valence-corrected chi connectivity index (χ2v) is 4.08. The van der Waals surface area contributed by atoms with Gasteiger partial charge in [0.1, 0.15) is 6.10 Å². The highest BCUT2D eigenvalue weighted by Gasteiger charge is 2.40. The average molecular weight is 169 g/mol. The Kier molecular flexibility index (Phi) is 1.83. The first-order chi connectivity index (χ1) is 5.68. The van der Waals surface area contributed by atoms with Gasteiger partial charge in [0.05, 0.1) is 0 Å². The van der Waals surface area contributed by atoms with Crippen LogP contribution in [0.4, 0.5) is 0 Å². The number of aliphatic hydroxyl groups excluding tert-OH is 1. The minimum Gasteiger partial charge on any atom is -0.383 e. The van der Waals surface area contributed by atoms with Crippen LogP contribution in [0.25, 0.3) is 0 Å². The molecular formula is C9H15NO2. The molecule has 0 unspecified atom stereocenters. The summed E-state index contributed by atoms with van der Waals surface area (Å²) < 4.78 is 0. The number of amides is 1. The summed E-state index contributed by atoms with van der Waals surface area (Å²) in [5, 5.41) is 9.32. The van der Waals surface area contributed by atoms with E-state index in [2.05, 4.69) is 6.92 Å². The van der Waals surface area contributed by atoms with Crippen molar-refractivity contribution in [2.45, 2.75) is 38.3 Å². The van der Waals surface area contributed by atoms with Crippen LogP contribution in [0.2, 0.25) is 0 Å². The number of nitrogens with zero attached hydrogens (tertiary/aromatic N) is 1. The van der Waals surface area contributed by atoms with E-state index in [1.807, 2.05) is 4.90 Å². The number of carbonyl (C=O) groups is 1. The Bertz CT molecular complexity index is 205. The third kappa shape index (κ3) is 1.12. The van der Waals surface area contributed by atoms with Crippen LogP contribution >= 0.6 is 0 Å². The number of piperidine rings is 1. The van der Waals surface area contributed by atoms with Gasteiger partial charge in [-0.3, -0.25) is 4.79 Å². The first-order valence-electron chi connectivity index (χ1n) is 4.67. The van der Waals surface area contributed by atoms with Gasteiger partial charge in [-0.15, -0.1) is 0 Å². The highest BCUT2D eigenvalue weighted by molar-refractivity contribution is 5.83. The lowest BCUT2D eigenvalue weighted by Gasteiger charge is -2.33. The van der Waals surface area contributed by atoms with E-state index < -0.39 is 6.10 Å². The van der Waals surface area contributed by atoms with Gasteiger partial charge in [-0.25, -0.2) is 0 Å². The summed E-state index contributed by atoms with van der Waals surface area (Å²) >= 11 is 0. The molecule has 0 aromatic carbocycles. The third-order valence-electron chi connectivity index (χ3n) is 3.01. The van der Waals surface area contributed by atoms with Crippen molar-refractivity contribution >= 4 is 5.91 Å². The molecule has 0 radical (unpaired) electrons. The van der Waals surface area contributed by atoms with Crippen LogP contribution in [0.3, 0.4) is 0 Å². The second-order valence-electron chi connectivity index (χ2n) is 4.08. The summed E-state index contributed by atoms with van der Waals surface area (Å²) in [6.07, 6.45) is 2.22. The van der Waals surface area contributed by atoms with Gasteiger partial charge in [0.15, 0.2) is 0 Å². The Balaban J connectivity index is 2.10. The molecule has 2 heterocycles. The largest absolute Gasteiger partial charge is 0.383 e. The van der Waals surface area contributed by atoms with Crippen LogP contribution in [0.15, 0.2) is 0 Å². The summed E-state index contributed by atoms with van der Waals surface area (Å²) in [5.41, 5.74) is 0. The maximum absolute atomic E-state index is 11.4. The van der Waals surface area contributed by atoms with Gasteiger partial charge in [-0.05, 0) is 18.8 Å². The van der Waals surface area contributed by atoms with Crippen LogP contribution in [-0.2, 0) is 4.79 Å². The smallest absolute Gasteiger partial charge is 0.251 e. The first-order valence-corrected chi connectivity index (χ1v) is 4.67. The number of aliphatic hydroxyl groups is 1. The molecule has 0 aromatic rings. The van der Waals surface area contributed by atoms with Crippen molar-refractivity contribution in [2.75, 3.05) is 6.54 Å². The fourth-order valence-corrected chi connectivity index (χ4v) is 2.27. The summed E-state index contributed by atoms with van der Waals surface area (Å²) in [4.78, 5) is 13.2. The molecule has 0 spiro atoms. The van der Waals surface area contributed by atoms with E-state index in [1.165, 1.54) is 6.42 Å². The molecule has 0 bridgehead atoms. The van der Waals surface area contributed by atoms with Crippen LogP contribution in [0.5, 0.6) is 0 Å². The molecule has 12 heavy (non-hydrogen) atoms. The molecule has 2 saturated heterocycles. The molecule has 0 aliphatic carbocycles. The summed E-state index contributed by atoms with van der Waals surface area (Å²) in [7, 11) is 0. The molecule has 2 aliphatic rings. The van der Waals surface area contributed by atoms with Crippen molar-refractivity contribution in [1.29, 1.82) is 0 Å². The topological polar surface area (TPSA) is 40.5 Å². The third-order valence-corrected chi connectivity index (χ3v) is 3.01. The van der Waals surface area contributed by atoms with E-state index >= 15 is 0 Å². The fourth-order valence-electron chi connectivity index (χ4n) is 2.27. The molecule has 3 nitrogen and oxygen atoms in total. The lowest BCUT2D eigenvalue weighted by molar-refractivity contribution is -0.136. The Morgan fingerprint density at radius 3 is 3.00 bits per heavy atom. The van der Waals surface area contributed by atoms with Crippen molar-refractivity contribution in [1.82, 2.24) is 4.90 Å². The zero-order valence-corrected chi connectivity index (χ0v) is 7.36. The lowest BCUT2D eigenvalue weighted by atomic mass is 9.95. The van der Waals surface area contributed by atoms with E-state index in [1.54, 1.807) is 0 Å². The Morgan fingerprint density at radius 2 is 2.25 bits per heavy atom. The highest BCUT2D eigenvalue weighted by atomic mass is 16.3. The Hall–Kier alpha value is -0.570. The van der Waals surface area contributed by atoms with Crippen molar-refractivity contribution < 1.29 is 9.90 Å². The van der Waals surface area contributed by atoms with E-state index in [0.29, 0.717) is 18.4 Å². The lowest BCUT2D eigenvalue weighted by Crippen LogP contribution is -2.41. The quantitative estimate of drug-likeness (QED) is 0.569. The number of hydrogen-bond donors (Lipinski definition) is 1. The average Bonchev–Trinajstić information content (AvgIpc) is 2.31. The van der Waals surface area contributed by atoms with Crippen LogP contribution < -0.4 is 0 Å². The fraction of sp³-hybridized carbons (Fsp3) is 0.889. The normalized spacial score (nSPS) is 41.7. The van der Waals surface area contributed by atoms with E-state index in [0.717, 1.165) is 13.0 Å². The predicted molar refractivity (Wildman–Crippen MR) is 44.5 cm³/mol. The standard InChI is InChI=1S/C9H15NO2/c1-6-2-3-7-4-8(11)9(12)10(7)5-6/h6-8,11H,2-5H2,1H3/t6-,7-,8+/m1/s1. The van der Waals surface area contributed by atoms with Gasteiger partial charge < -0.3 is 10.0 Å². The molecular weight excluding hydrogens is 154 g/mol. The van der Waals surface area contributed by atoms with Crippen LogP contribution in [-0.4, -0.2) is 34.6 Å². The van der Waals surface area contributed by atoms with E-state index in [9.17, 15) is 9.90 Å². The van der Waals surface area contributed by atoms with Gasteiger partial charge in [-0.1, -0.05) is 6.92 Å². The zero-order valence-electron chi connectivity index (χ0n) is 7.36. The Labute approximate surface area is 72.4 Å². The van der Waals surface area contributed by atoms with Gasteiger partial charge in [0, 0.05) is 19.0 Å². The van der Waals surface area contributed by atoms with Gasteiger partial charge in [0.2, 0.25) is 0 Å². The molecule has 2 fully saturated rings. The summed E-state index contributed by atoms with van der Waals surface area (Å²) in [6.45, 7) is 3.01. The molecule has 0 aromatic heterocycles. The minimum absolute atomic E-state index is 0.0495. The molecule has 1 N–H and O–H groups in total. The molecule has 3 atom stereocenters. The highest BCUT2D eigenvalue weighted by Crippen LogP contribution is 2.30. The molecule has 3 heteroatoms. The van der Waals surface area contributed by atoms with Crippen molar-refractivity contribution in [3.8, 4) is 0 Å². The van der Waals surface area contributed by atoms with Crippen LogP contribution in [0.1, 0.15) is 26.2 Å². The van der Waals surface area contributed by atoms with Crippen molar-refractivity contribution in [3.63, 3.8) is 0 Å². The maximum atomic E-state index is 11.4. The second kappa shape index (κ2) is 2.73. The summed E-state index contributed by atoms with van der Waals surface area (Å²) in [5.74, 6) is 0.557. The van der Waals surface area contributed by atoms with E-state index in [-0.39, 0.29) is 5.91 Å². The van der Waals surface area contributed by atoms with Crippen LogP contribution in [0, 0.1) is 5.92 Å². The molecule has 68 valence electrons. The molecule has 2 aliphatic heterocycles. The zero-order chi connectivity index (χ0) is 8.72. The number of carbonyl (C=O) groups excluding carboxylic acids is 1. The number of hydrogen-bond acceptors (Lipinski definition) is 2. The van der Waals surface area contributed by atoms with Crippen molar-refractivity contribution in [3.05, 3.63) is 0 Å². The Morgan fingerprint density at radius 1 is 1.50 bits per heavy atom. The van der Waals surface area contributed by atoms with Gasteiger partial charge >= 0.3 is 0 Å². The van der Waals surface area contributed by atoms with Gasteiger partial charge in [0.25, 0.3) is 5.91 Å². The first kappa shape index (κ1) is 8.05. The number of rotatable bonds is 0. The minimum atomic E-state index is -0.708.